The summed E-state index contributed by atoms with van der Waals surface area (Å²) in [7, 11) is 0. The van der Waals surface area contributed by atoms with Gasteiger partial charge in [-0.3, -0.25) is 0 Å². The Morgan fingerprint density at radius 3 is 2.71 bits per heavy atom. The molecule has 2 aromatic carbocycles. The summed E-state index contributed by atoms with van der Waals surface area (Å²) in [5.41, 5.74) is 2.33. The summed E-state index contributed by atoms with van der Waals surface area (Å²) in [5.74, 6) is 1.81. The molecule has 1 amide bonds. The van der Waals surface area contributed by atoms with Gasteiger partial charge < -0.3 is 0 Å². The number of hydrogen-bond donors (Lipinski definition) is 0. The van der Waals surface area contributed by atoms with Crippen LogP contribution in [-0.2, 0) is 20.9 Å². The molecule has 3 aliphatic heterocycles. The first kappa shape index (κ1) is 19.2. The van der Waals surface area contributed by atoms with E-state index in [4.69, 9.17) is 14.2 Å². The van der Waals surface area contributed by atoms with Gasteiger partial charge in [-0.25, -0.2) is 0 Å². The molecule has 5 atom stereocenters. The summed E-state index contributed by atoms with van der Waals surface area (Å²) in [6.45, 7) is 2.33. The first-order valence-corrected chi connectivity index (χ1v) is 12.5. The van der Waals surface area contributed by atoms with Crippen LogP contribution in [0, 0.1) is 5.92 Å². The third kappa shape index (κ3) is 3.14. The van der Waals surface area contributed by atoms with Crippen LogP contribution in [0.15, 0.2) is 42.5 Å². The van der Waals surface area contributed by atoms with E-state index in [9.17, 15) is 9.59 Å². The maximum absolute atomic E-state index is 13.1. The molecule has 7 heteroatoms. The van der Waals surface area contributed by atoms with Gasteiger partial charge in [0.2, 0.25) is 0 Å². The molecule has 0 N–H and O–H groups in total. The Balaban J connectivity index is 1.41. The van der Waals surface area contributed by atoms with E-state index in [1.807, 2.05) is 12.1 Å². The van der Waals surface area contributed by atoms with Crippen LogP contribution >= 0.6 is 0 Å². The Morgan fingerprint density at radius 2 is 1.94 bits per heavy atom. The van der Waals surface area contributed by atoms with Crippen molar-refractivity contribution in [3.8, 4) is 11.5 Å². The van der Waals surface area contributed by atoms with E-state index in [0.717, 1.165) is 23.5 Å². The average Bonchev–Trinajstić information content (AvgIpc) is 3.34. The maximum atomic E-state index is 13.1. The average molecular weight is 484 g/mol. The van der Waals surface area contributed by atoms with Crippen molar-refractivity contribution in [3.63, 3.8) is 0 Å². The number of fused-ring (bicyclic) bond motifs is 3. The molecule has 31 heavy (non-hydrogen) atoms. The van der Waals surface area contributed by atoms with Gasteiger partial charge in [0, 0.05) is 0 Å². The molecule has 4 aliphatic rings. The van der Waals surface area contributed by atoms with E-state index in [-0.39, 0.29) is 62.4 Å². The second-order valence-corrected chi connectivity index (χ2v) is 11.3. The van der Waals surface area contributed by atoms with E-state index >= 15 is 0 Å². The van der Waals surface area contributed by atoms with E-state index in [1.54, 1.807) is 0 Å². The van der Waals surface area contributed by atoms with Crippen molar-refractivity contribution in [2.45, 2.75) is 49.2 Å². The number of rotatable bonds is 3. The third-order valence-electron chi connectivity index (χ3n) is 6.92. The van der Waals surface area contributed by atoms with Crippen molar-refractivity contribution >= 4 is 31.3 Å². The Morgan fingerprint density at radius 1 is 1.16 bits per heavy atom. The van der Waals surface area contributed by atoms with Gasteiger partial charge in [0.25, 0.3) is 0 Å². The summed E-state index contributed by atoms with van der Waals surface area (Å²) in [6, 6.07) is 14.7. The minimum atomic E-state index is -0.250. The summed E-state index contributed by atoms with van der Waals surface area (Å²) < 4.78 is 18.4. The molecule has 6 rings (SSSR count). The quantitative estimate of drug-likeness (QED) is 0.495. The molecular formula is C24H23NO5Se. The zero-order chi connectivity index (χ0) is 21.1. The number of amides is 1. The zero-order valence-corrected chi connectivity index (χ0v) is 18.9. The van der Waals surface area contributed by atoms with Gasteiger partial charge in [-0.1, -0.05) is 0 Å². The Bertz CT molecular complexity index is 1060. The van der Waals surface area contributed by atoms with Crippen molar-refractivity contribution in [2.75, 3.05) is 6.79 Å². The van der Waals surface area contributed by atoms with Crippen molar-refractivity contribution in [3.05, 3.63) is 53.6 Å². The number of carbonyl (C=O) groups excluding carboxylic acids is 2. The number of esters is 1. The molecule has 2 fully saturated rings. The minimum absolute atomic E-state index is 0.114. The third-order valence-corrected chi connectivity index (χ3v) is 10.0. The van der Waals surface area contributed by atoms with Gasteiger partial charge in [-0.15, -0.1) is 0 Å². The molecule has 6 nitrogen and oxygen atoms in total. The number of hydrogen-bond acceptors (Lipinski definition) is 5. The van der Waals surface area contributed by atoms with Gasteiger partial charge in [-0.05, 0) is 0 Å². The predicted octanol–water partition coefficient (Wildman–Crippen LogP) is 2.38. The van der Waals surface area contributed by atoms with Crippen LogP contribution in [-0.4, -0.2) is 50.7 Å². The number of nitrogens with zero attached hydrogens (tertiary/aromatic N) is 1. The molecule has 0 radical (unpaired) electrons. The molecule has 0 bridgehead atoms. The Kier molecular flexibility index (Phi) is 4.51. The van der Waals surface area contributed by atoms with Gasteiger partial charge in [0.05, 0.1) is 0 Å². The SMILES string of the molecule is CC(=O)OC1CC2c3cc4c(cc3CN3C(=O)CC(C1[Se]c1ccccc1)C23)OCO4. The molecule has 1 saturated heterocycles. The number of carbonyl (C=O) groups is 2. The summed E-state index contributed by atoms with van der Waals surface area (Å²) in [6.07, 6.45) is 1.07. The summed E-state index contributed by atoms with van der Waals surface area (Å²) >= 11 is 0.114. The van der Waals surface area contributed by atoms with Crippen LogP contribution in [0.5, 0.6) is 11.5 Å². The topological polar surface area (TPSA) is 65.1 Å². The second-order valence-electron chi connectivity index (χ2n) is 8.67. The fraction of sp³-hybridized carbons (Fsp3) is 0.417. The Labute approximate surface area is 187 Å². The van der Waals surface area contributed by atoms with Crippen molar-refractivity contribution in [2.24, 2.45) is 5.92 Å². The summed E-state index contributed by atoms with van der Waals surface area (Å²) in [5, 5.41) is 0. The molecule has 0 spiro atoms. The van der Waals surface area contributed by atoms with Crippen LogP contribution in [0.3, 0.4) is 0 Å². The summed E-state index contributed by atoms with van der Waals surface area (Å²) in [4.78, 5) is 27.4. The van der Waals surface area contributed by atoms with Gasteiger partial charge in [-0.2, -0.15) is 0 Å². The second kappa shape index (κ2) is 7.28. The molecule has 5 unspecified atom stereocenters. The van der Waals surface area contributed by atoms with Crippen LogP contribution in [0.4, 0.5) is 0 Å². The first-order valence-electron chi connectivity index (χ1n) is 10.7. The molecule has 160 valence electrons. The van der Waals surface area contributed by atoms with Crippen LogP contribution in [0.2, 0.25) is 4.82 Å². The fourth-order valence-electron chi connectivity index (χ4n) is 5.78. The van der Waals surface area contributed by atoms with Gasteiger partial charge >= 0.3 is 187 Å². The van der Waals surface area contributed by atoms with Gasteiger partial charge in [0.1, 0.15) is 0 Å². The number of benzene rings is 2. The van der Waals surface area contributed by atoms with Crippen molar-refractivity contribution in [1.82, 2.24) is 4.90 Å². The fourth-order valence-corrected chi connectivity index (χ4v) is 8.67. The van der Waals surface area contributed by atoms with E-state index in [1.165, 1.54) is 16.9 Å². The predicted molar refractivity (Wildman–Crippen MR) is 114 cm³/mol. The molecule has 3 heterocycles. The van der Waals surface area contributed by atoms with E-state index in [2.05, 4.69) is 35.2 Å². The molecule has 1 saturated carbocycles. The molecular weight excluding hydrogens is 461 g/mol. The van der Waals surface area contributed by atoms with Crippen molar-refractivity contribution < 1.29 is 23.8 Å². The number of ether oxygens (including phenoxy) is 3. The van der Waals surface area contributed by atoms with E-state index < -0.39 is 0 Å². The Hall–Kier alpha value is -2.50. The van der Waals surface area contributed by atoms with Crippen LogP contribution in [0.1, 0.15) is 36.8 Å². The van der Waals surface area contributed by atoms with Crippen molar-refractivity contribution in [1.29, 1.82) is 0 Å². The standard InChI is InChI=1S/C24H23NO5Se/c1-13(26)30-21-9-17-16-8-20-19(28-12-29-20)7-14(16)11-25-22(27)10-18(23(17)25)24(21)31-15-5-3-2-4-6-15/h2-8,17-18,21,23-24H,9-12H2,1H3. The van der Waals surface area contributed by atoms with Crippen LogP contribution in [0.25, 0.3) is 0 Å². The molecule has 2 aromatic rings. The van der Waals surface area contributed by atoms with Crippen LogP contribution < -0.4 is 13.9 Å². The molecule has 0 aromatic heterocycles. The first-order chi connectivity index (χ1) is 15.1. The molecule has 1 aliphatic carbocycles. The van der Waals surface area contributed by atoms with Gasteiger partial charge in [0.15, 0.2) is 0 Å². The zero-order valence-electron chi connectivity index (χ0n) is 17.2. The normalized spacial score (nSPS) is 30.0. The van der Waals surface area contributed by atoms with E-state index in [0.29, 0.717) is 13.0 Å². The monoisotopic (exact) mass is 485 g/mol.